The summed E-state index contributed by atoms with van der Waals surface area (Å²) in [6.45, 7) is 1.81. The van der Waals surface area contributed by atoms with Gasteiger partial charge >= 0.3 is 0 Å². The molecule has 2 rings (SSSR count). The summed E-state index contributed by atoms with van der Waals surface area (Å²) in [7, 11) is -3.16. The summed E-state index contributed by atoms with van der Waals surface area (Å²) in [5.74, 6) is 0.123. The van der Waals surface area contributed by atoms with Gasteiger partial charge in [-0.1, -0.05) is 18.2 Å². The summed E-state index contributed by atoms with van der Waals surface area (Å²) in [5, 5.41) is 9.64. The maximum absolute atomic E-state index is 12.1. The molecule has 21 heavy (non-hydrogen) atoms. The normalized spacial score (nSPS) is 13.4. The molecule has 6 heteroatoms. The van der Waals surface area contributed by atoms with Crippen molar-refractivity contribution < 1.29 is 13.6 Å². The van der Waals surface area contributed by atoms with E-state index < -0.39 is 9.84 Å². The van der Waals surface area contributed by atoms with Gasteiger partial charge in [0.05, 0.1) is 17.0 Å². The van der Waals surface area contributed by atoms with E-state index in [-0.39, 0.29) is 17.5 Å². The summed E-state index contributed by atoms with van der Waals surface area (Å²) in [6.07, 6.45) is 2.77. The van der Waals surface area contributed by atoms with E-state index in [1.807, 2.05) is 30.3 Å². The number of hydrogen-bond donors (Lipinski definition) is 2. The molecule has 0 spiro atoms. The molecule has 1 aromatic heterocycles. The van der Waals surface area contributed by atoms with Crippen LogP contribution in [0.3, 0.4) is 0 Å². The molecular formula is C15H20N2O3S. The minimum Gasteiger partial charge on any atom is -0.317 e. The van der Waals surface area contributed by atoms with Crippen LogP contribution in [0.1, 0.15) is 25.3 Å². The van der Waals surface area contributed by atoms with Gasteiger partial charge in [-0.25, -0.2) is 13.9 Å². The van der Waals surface area contributed by atoms with Crippen molar-refractivity contribution in [3.8, 4) is 0 Å². The summed E-state index contributed by atoms with van der Waals surface area (Å²) < 4.78 is 24.2. The Kier molecular flexibility index (Phi) is 5.27. The molecule has 0 aliphatic rings. The number of hydroxylamine groups is 1. The molecule has 0 aliphatic carbocycles. The average Bonchev–Trinajstić information content (AvgIpc) is 2.46. The van der Waals surface area contributed by atoms with Gasteiger partial charge < -0.3 is 5.21 Å². The molecule has 1 atom stereocenters. The van der Waals surface area contributed by atoms with E-state index in [1.54, 1.807) is 13.1 Å². The maximum Gasteiger partial charge on any atom is 0.154 e. The number of sulfone groups is 1. The molecule has 0 bridgehead atoms. The first-order chi connectivity index (χ1) is 10.00. The Balaban J connectivity index is 2.01. The summed E-state index contributed by atoms with van der Waals surface area (Å²) in [6, 6.07) is 9.41. The highest BCUT2D eigenvalue weighted by Gasteiger charge is 2.13. The van der Waals surface area contributed by atoms with Crippen molar-refractivity contribution in [1.29, 1.82) is 0 Å². The van der Waals surface area contributed by atoms with Gasteiger partial charge in [0.2, 0.25) is 0 Å². The maximum atomic E-state index is 12.1. The Morgan fingerprint density at radius 2 is 2.10 bits per heavy atom. The van der Waals surface area contributed by atoms with Crippen molar-refractivity contribution in [2.75, 3.05) is 5.75 Å². The standard InChI is InChI=1S/C15H20N2O3S/c1-12(17-18)5-4-8-21(19,20)11-13-9-14-6-2-3-7-15(14)16-10-13/h2-3,6-7,9-10,12,17-18H,4-5,8,11H2,1H3/t12-/m0/s1. The fourth-order valence-corrected chi connectivity index (χ4v) is 3.61. The second-order valence-corrected chi connectivity index (χ2v) is 7.48. The van der Waals surface area contributed by atoms with E-state index in [2.05, 4.69) is 10.5 Å². The van der Waals surface area contributed by atoms with Crippen LogP contribution in [0.2, 0.25) is 0 Å². The van der Waals surface area contributed by atoms with E-state index >= 15 is 0 Å². The minimum absolute atomic E-state index is 0.00572. The largest absolute Gasteiger partial charge is 0.317 e. The van der Waals surface area contributed by atoms with Crippen LogP contribution in [0.4, 0.5) is 0 Å². The highest BCUT2D eigenvalue weighted by molar-refractivity contribution is 7.90. The van der Waals surface area contributed by atoms with Crippen LogP contribution in [0, 0.1) is 0 Å². The van der Waals surface area contributed by atoms with Gasteiger partial charge in [0, 0.05) is 17.6 Å². The lowest BCUT2D eigenvalue weighted by Gasteiger charge is -2.09. The molecular weight excluding hydrogens is 288 g/mol. The van der Waals surface area contributed by atoms with E-state index in [0.717, 1.165) is 10.9 Å². The lowest BCUT2D eigenvalue weighted by atomic mass is 10.2. The van der Waals surface area contributed by atoms with Gasteiger partial charge in [0.1, 0.15) is 0 Å². The van der Waals surface area contributed by atoms with E-state index in [9.17, 15) is 8.42 Å². The average molecular weight is 308 g/mol. The predicted octanol–water partition coefficient (Wildman–Crippen LogP) is 2.30. The molecule has 0 radical (unpaired) electrons. The zero-order chi connectivity index (χ0) is 15.3. The Morgan fingerprint density at radius 1 is 1.33 bits per heavy atom. The number of hydrogen-bond acceptors (Lipinski definition) is 5. The van der Waals surface area contributed by atoms with Crippen LogP contribution in [0.25, 0.3) is 10.9 Å². The second-order valence-electron chi connectivity index (χ2n) is 5.30. The number of para-hydroxylation sites is 1. The van der Waals surface area contributed by atoms with Crippen LogP contribution in [-0.2, 0) is 15.6 Å². The molecule has 0 amide bonds. The Labute approximate surface area is 124 Å². The zero-order valence-corrected chi connectivity index (χ0v) is 12.8. The Bertz CT molecular complexity index is 701. The van der Waals surface area contributed by atoms with E-state index in [1.165, 1.54) is 0 Å². The number of benzene rings is 1. The SMILES string of the molecule is C[C@@H](CCCS(=O)(=O)Cc1cnc2ccccc2c1)NO. The van der Waals surface area contributed by atoms with Crippen molar-refractivity contribution in [3.63, 3.8) is 0 Å². The molecule has 114 valence electrons. The molecule has 2 N–H and O–H groups in total. The van der Waals surface area contributed by atoms with Crippen molar-refractivity contribution >= 4 is 20.7 Å². The predicted molar refractivity (Wildman–Crippen MR) is 82.9 cm³/mol. The van der Waals surface area contributed by atoms with Gasteiger partial charge in [-0.05, 0) is 37.5 Å². The molecule has 0 unspecified atom stereocenters. The molecule has 0 fully saturated rings. The third-order valence-electron chi connectivity index (χ3n) is 3.35. The molecule has 2 aromatic rings. The lowest BCUT2D eigenvalue weighted by Crippen LogP contribution is -2.22. The Morgan fingerprint density at radius 3 is 2.86 bits per heavy atom. The van der Waals surface area contributed by atoms with Gasteiger partial charge in [-0.2, -0.15) is 0 Å². The third-order valence-corrected chi connectivity index (χ3v) is 5.03. The molecule has 5 nitrogen and oxygen atoms in total. The van der Waals surface area contributed by atoms with Crippen molar-refractivity contribution in [1.82, 2.24) is 10.5 Å². The number of fused-ring (bicyclic) bond motifs is 1. The van der Waals surface area contributed by atoms with Crippen LogP contribution >= 0.6 is 0 Å². The van der Waals surface area contributed by atoms with E-state index in [4.69, 9.17) is 5.21 Å². The zero-order valence-electron chi connectivity index (χ0n) is 12.0. The quantitative estimate of drug-likeness (QED) is 0.767. The first kappa shape index (κ1) is 15.9. The molecule has 1 heterocycles. The van der Waals surface area contributed by atoms with Gasteiger partial charge in [0.15, 0.2) is 9.84 Å². The summed E-state index contributed by atoms with van der Waals surface area (Å²) in [5.41, 5.74) is 3.69. The van der Waals surface area contributed by atoms with E-state index in [0.29, 0.717) is 18.4 Å². The second kappa shape index (κ2) is 6.98. The van der Waals surface area contributed by atoms with Crippen LogP contribution in [0.5, 0.6) is 0 Å². The molecule has 0 saturated carbocycles. The molecule has 1 aromatic carbocycles. The summed E-state index contributed by atoms with van der Waals surface area (Å²) in [4.78, 5) is 4.28. The van der Waals surface area contributed by atoms with Crippen molar-refractivity contribution in [2.45, 2.75) is 31.6 Å². The van der Waals surface area contributed by atoms with Crippen LogP contribution in [0.15, 0.2) is 36.5 Å². The Hall–Kier alpha value is -1.50. The monoisotopic (exact) mass is 308 g/mol. The highest BCUT2D eigenvalue weighted by Crippen LogP contribution is 2.15. The fourth-order valence-electron chi connectivity index (χ4n) is 2.20. The molecule has 0 aliphatic heterocycles. The number of nitrogens with one attached hydrogen (secondary N) is 1. The number of nitrogens with zero attached hydrogens (tertiary/aromatic N) is 1. The van der Waals surface area contributed by atoms with Crippen LogP contribution < -0.4 is 5.48 Å². The summed E-state index contributed by atoms with van der Waals surface area (Å²) >= 11 is 0. The molecule has 0 saturated heterocycles. The van der Waals surface area contributed by atoms with Crippen molar-refractivity contribution in [3.05, 3.63) is 42.1 Å². The number of rotatable bonds is 7. The fraction of sp³-hybridized carbons (Fsp3) is 0.400. The number of pyridine rings is 1. The topological polar surface area (TPSA) is 79.3 Å². The van der Waals surface area contributed by atoms with Gasteiger partial charge in [-0.15, -0.1) is 0 Å². The van der Waals surface area contributed by atoms with Crippen molar-refractivity contribution in [2.24, 2.45) is 0 Å². The first-order valence-corrected chi connectivity index (χ1v) is 8.76. The number of aromatic nitrogens is 1. The van der Waals surface area contributed by atoms with Gasteiger partial charge in [0.25, 0.3) is 0 Å². The minimum atomic E-state index is -3.16. The smallest absolute Gasteiger partial charge is 0.154 e. The lowest BCUT2D eigenvalue weighted by molar-refractivity contribution is 0.129. The first-order valence-electron chi connectivity index (χ1n) is 6.94. The highest BCUT2D eigenvalue weighted by atomic mass is 32.2. The van der Waals surface area contributed by atoms with Crippen LogP contribution in [-0.4, -0.2) is 30.4 Å². The van der Waals surface area contributed by atoms with Gasteiger partial charge in [-0.3, -0.25) is 4.98 Å². The third kappa shape index (κ3) is 4.77.